The number of urea groups is 1. The van der Waals surface area contributed by atoms with Crippen LogP contribution < -0.4 is 11.1 Å². The third-order valence-corrected chi connectivity index (χ3v) is 4.10. The van der Waals surface area contributed by atoms with Crippen molar-refractivity contribution in [3.8, 4) is 0 Å². The number of nitrogens with two attached hydrogens (primary N) is 1. The quantitative estimate of drug-likeness (QED) is 0.482. The van der Waals surface area contributed by atoms with E-state index in [2.05, 4.69) is 5.32 Å². The highest BCUT2D eigenvalue weighted by Crippen LogP contribution is 2.47. The summed E-state index contributed by atoms with van der Waals surface area (Å²) in [4.78, 5) is 35.0. The fourth-order valence-electron chi connectivity index (χ4n) is 1.96. The van der Waals surface area contributed by atoms with Crippen molar-refractivity contribution in [1.82, 2.24) is 10.2 Å². The second-order valence-corrected chi connectivity index (χ2v) is 5.28. The Bertz CT molecular complexity index is 448. The minimum atomic E-state index is -1.07. The molecule has 98 valence electrons. The summed E-state index contributed by atoms with van der Waals surface area (Å²) in [6, 6.07) is -0.597. The highest BCUT2D eigenvalue weighted by atomic mass is 32.2. The number of carboxylic acid groups (broad SMARTS) is 1. The number of carbonyl (C=O) groups excluding carboxylic acids is 2. The van der Waals surface area contributed by atoms with E-state index >= 15 is 0 Å². The van der Waals surface area contributed by atoms with Crippen LogP contribution in [0.5, 0.6) is 0 Å². The van der Waals surface area contributed by atoms with Crippen molar-refractivity contribution in [2.75, 3.05) is 6.54 Å². The summed E-state index contributed by atoms with van der Waals surface area (Å²) in [6.07, 6.45) is 1.51. The molecule has 0 aromatic heterocycles. The number of carboxylic acids is 1. The number of β-lactam (4-membered cyclic amide) rings is 1. The van der Waals surface area contributed by atoms with E-state index in [1.165, 1.54) is 16.7 Å². The Morgan fingerprint density at radius 2 is 2.28 bits per heavy atom. The molecular formula is C10H13N3O4S. The van der Waals surface area contributed by atoms with Gasteiger partial charge in [0.2, 0.25) is 5.91 Å². The van der Waals surface area contributed by atoms with Gasteiger partial charge in [-0.05, 0) is 12.8 Å². The van der Waals surface area contributed by atoms with Crippen molar-refractivity contribution in [3.63, 3.8) is 0 Å². The Balaban J connectivity index is 1.96. The van der Waals surface area contributed by atoms with Crippen LogP contribution in [0.1, 0.15) is 19.3 Å². The molecule has 2 aliphatic heterocycles. The normalized spacial score (nSPS) is 21.7. The molecule has 0 radical (unpaired) electrons. The van der Waals surface area contributed by atoms with E-state index in [0.717, 1.165) is 0 Å². The van der Waals surface area contributed by atoms with Gasteiger partial charge < -0.3 is 16.2 Å². The molecule has 1 fully saturated rings. The van der Waals surface area contributed by atoms with Crippen LogP contribution in [0.2, 0.25) is 0 Å². The third kappa shape index (κ3) is 2.28. The Morgan fingerprint density at radius 3 is 2.83 bits per heavy atom. The second kappa shape index (κ2) is 4.89. The molecule has 0 bridgehead atoms. The van der Waals surface area contributed by atoms with E-state index in [4.69, 9.17) is 10.8 Å². The largest absolute Gasteiger partial charge is 0.477 e. The maximum Gasteiger partial charge on any atom is 0.353 e. The molecule has 2 rings (SSSR count). The van der Waals surface area contributed by atoms with Crippen molar-refractivity contribution in [3.05, 3.63) is 10.6 Å². The van der Waals surface area contributed by atoms with Crippen LogP contribution in [-0.4, -0.2) is 39.8 Å². The summed E-state index contributed by atoms with van der Waals surface area (Å²) >= 11 is 1.42. The average molecular weight is 271 g/mol. The molecule has 1 atom stereocenters. The van der Waals surface area contributed by atoms with Gasteiger partial charge in [-0.1, -0.05) is 0 Å². The van der Waals surface area contributed by atoms with Crippen molar-refractivity contribution >= 4 is 29.7 Å². The van der Waals surface area contributed by atoms with E-state index in [1.807, 2.05) is 0 Å². The van der Waals surface area contributed by atoms with Gasteiger partial charge in [-0.3, -0.25) is 9.69 Å². The molecular weight excluding hydrogens is 258 g/mol. The predicted octanol–water partition coefficient (Wildman–Crippen LogP) is 0.0363. The number of fused-ring (bicyclic) bond motifs is 1. The number of primary amides is 1. The summed E-state index contributed by atoms with van der Waals surface area (Å²) in [6.45, 7) is 0.394. The monoisotopic (exact) mass is 271 g/mol. The summed E-state index contributed by atoms with van der Waals surface area (Å²) < 4.78 is 0. The molecule has 0 spiro atoms. The molecule has 0 aromatic carbocycles. The van der Waals surface area contributed by atoms with E-state index in [9.17, 15) is 14.4 Å². The summed E-state index contributed by atoms with van der Waals surface area (Å²) in [5.74, 6) is -1.22. The minimum Gasteiger partial charge on any atom is -0.477 e. The molecule has 4 N–H and O–H groups in total. The van der Waals surface area contributed by atoms with E-state index in [-0.39, 0.29) is 17.0 Å². The zero-order valence-electron chi connectivity index (χ0n) is 9.51. The molecule has 0 aromatic rings. The molecule has 8 heteroatoms. The number of nitrogens with zero attached hydrogens (tertiary/aromatic N) is 1. The Hall–Kier alpha value is -1.70. The fraction of sp³-hybridized carbons (Fsp3) is 0.500. The lowest BCUT2D eigenvalue weighted by atomic mass is 10.1. The summed E-state index contributed by atoms with van der Waals surface area (Å²) in [5, 5.41) is 11.5. The topological polar surface area (TPSA) is 113 Å². The molecule has 2 heterocycles. The number of nitrogens with one attached hydrogen (secondary N) is 1. The van der Waals surface area contributed by atoms with Gasteiger partial charge in [-0.15, -0.1) is 11.8 Å². The number of thioether (sulfide) groups is 1. The summed E-state index contributed by atoms with van der Waals surface area (Å²) in [5.41, 5.74) is 5.02. The number of allylic oxidation sites excluding steroid dienone is 1. The van der Waals surface area contributed by atoms with Gasteiger partial charge in [0.25, 0.3) is 0 Å². The van der Waals surface area contributed by atoms with Crippen LogP contribution in [-0.2, 0) is 9.59 Å². The number of hydrogen-bond donors (Lipinski definition) is 3. The third-order valence-electron chi connectivity index (χ3n) is 2.77. The molecule has 2 aliphatic rings. The first kappa shape index (κ1) is 12.7. The van der Waals surface area contributed by atoms with E-state index < -0.39 is 12.0 Å². The SMILES string of the molecule is NC(=O)NCCCC1=C(C(=O)O)N2C(=O)C[C@@H]2S1. The van der Waals surface area contributed by atoms with Gasteiger partial charge in [0.05, 0.1) is 11.8 Å². The smallest absolute Gasteiger partial charge is 0.353 e. The fourth-order valence-corrected chi connectivity index (χ4v) is 3.41. The number of rotatable bonds is 5. The number of carbonyl (C=O) groups is 3. The lowest BCUT2D eigenvalue weighted by molar-refractivity contribution is -0.145. The Morgan fingerprint density at radius 1 is 1.56 bits per heavy atom. The van der Waals surface area contributed by atoms with E-state index in [0.29, 0.717) is 30.7 Å². The molecule has 18 heavy (non-hydrogen) atoms. The highest BCUT2D eigenvalue weighted by Gasteiger charge is 2.47. The number of hydrogen-bond acceptors (Lipinski definition) is 4. The molecule has 0 unspecified atom stereocenters. The zero-order chi connectivity index (χ0) is 13.3. The average Bonchev–Trinajstić information content (AvgIpc) is 2.57. The van der Waals surface area contributed by atoms with Gasteiger partial charge in [0.1, 0.15) is 5.70 Å². The molecule has 1 saturated heterocycles. The maximum atomic E-state index is 11.3. The molecule has 7 nitrogen and oxygen atoms in total. The summed E-state index contributed by atoms with van der Waals surface area (Å²) in [7, 11) is 0. The first-order valence-electron chi connectivity index (χ1n) is 5.49. The van der Waals surface area contributed by atoms with Crippen LogP contribution in [0.25, 0.3) is 0 Å². The lowest BCUT2D eigenvalue weighted by Crippen LogP contribution is -2.48. The number of aliphatic carboxylic acids is 1. The van der Waals surface area contributed by atoms with Crippen LogP contribution in [0.4, 0.5) is 4.79 Å². The molecule has 3 amide bonds. The maximum absolute atomic E-state index is 11.3. The van der Waals surface area contributed by atoms with Gasteiger partial charge in [0.15, 0.2) is 0 Å². The van der Waals surface area contributed by atoms with Crippen LogP contribution in [0.15, 0.2) is 10.6 Å². The standard InChI is InChI=1S/C10H13N3O4S/c11-10(17)12-3-1-2-5-8(9(15)16)13-6(14)4-7(13)18-5/h7H,1-4H2,(H,15,16)(H3,11,12,17)/t7-/m0/s1. The van der Waals surface area contributed by atoms with Crippen molar-refractivity contribution in [2.24, 2.45) is 5.73 Å². The van der Waals surface area contributed by atoms with Gasteiger partial charge in [0, 0.05) is 11.4 Å². The van der Waals surface area contributed by atoms with Crippen LogP contribution in [0, 0.1) is 0 Å². The number of amides is 3. The van der Waals surface area contributed by atoms with Crippen LogP contribution >= 0.6 is 11.8 Å². The minimum absolute atomic E-state index is 0.0531. The molecule has 0 saturated carbocycles. The molecule has 0 aliphatic carbocycles. The Kier molecular flexibility index (Phi) is 3.46. The van der Waals surface area contributed by atoms with Crippen molar-refractivity contribution in [2.45, 2.75) is 24.6 Å². The Labute approximate surface area is 107 Å². The van der Waals surface area contributed by atoms with Crippen molar-refractivity contribution in [1.29, 1.82) is 0 Å². The first-order chi connectivity index (χ1) is 8.50. The van der Waals surface area contributed by atoms with Gasteiger partial charge >= 0.3 is 12.0 Å². The van der Waals surface area contributed by atoms with Crippen molar-refractivity contribution < 1.29 is 19.5 Å². The predicted molar refractivity (Wildman–Crippen MR) is 64.3 cm³/mol. The van der Waals surface area contributed by atoms with Gasteiger partial charge in [-0.25, -0.2) is 9.59 Å². The van der Waals surface area contributed by atoms with Gasteiger partial charge in [-0.2, -0.15) is 0 Å². The van der Waals surface area contributed by atoms with E-state index in [1.54, 1.807) is 0 Å². The van der Waals surface area contributed by atoms with Crippen LogP contribution in [0.3, 0.4) is 0 Å². The first-order valence-corrected chi connectivity index (χ1v) is 6.37. The second-order valence-electron chi connectivity index (χ2n) is 4.01. The zero-order valence-corrected chi connectivity index (χ0v) is 10.3. The lowest BCUT2D eigenvalue weighted by Gasteiger charge is -2.33. The highest BCUT2D eigenvalue weighted by molar-refractivity contribution is 8.04.